The van der Waals surface area contributed by atoms with Crippen LogP contribution in [0, 0.1) is 0 Å². The Morgan fingerprint density at radius 1 is 0.667 bits per heavy atom. The minimum atomic E-state index is -2.87. The third-order valence-electron chi connectivity index (χ3n) is 4.09. The summed E-state index contributed by atoms with van der Waals surface area (Å²) in [4.78, 5) is 14.2. The topological polar surface area (TPSA) is 69.6 Å². The normalized spacial score (nSPS) is 10.2. The fraction of sp³-hybridized carbons (Fsp3) is 0.182. The van der Waals surface area contributed by atoms with Crippen LogP contribution in [0.3, 0.4) is 0 Å². The molecule has 0 amide bonds. The predicted octanol–water partition coefficient (Wildman–Crippen LogP) is 4.26. The first-order valence-electron chi connectivity index (χ1n) is 8.83. The molecule has 0 heterocycles. The highest BCUT2D eigenvalue weighted by molar-refractivity contribution is 7.30. The number of hydrogen-bond donors (Lipinski definition) is 3. The molecule has 0 aliphatic carbocycles. The molecule has 3 N–H and O–H groups in total. The van der Waals surface area contributed by atoms with E-state index in [4.69, 9.17) is 14.4 Å². The second-order valence-electron chi connectivity index (χ2n) is 6.20. The van der Waals surface area contributed by atoms with Gasteiger partial charge in [0.2, 0.25) is 0 Å². The molecular weight excluding hydrogens is 357 g/mol. The van der Waals surface area contributed by atoms with Gasteiger partial charge >= 0.3 is 8.25 Å². The first kappa shape index (κ1) is 20.9. The van der Waals surface area contributed by atoms with E-state index >= 15 is 0 Å². The van der Waals surface area contributed by atoms with Crippen LogP contribution in [-0.4, -0.2) is 15.8 Å². The molecule has 0 aromatic heterocycles. The Balaban J connectivity index is 0.000000596. The van der Waals surface area contributed by atoms with Crippen LogP contribution in [0.25, 0.3) is 0 Å². The maximum absolute atomic E-state index is 8.70. The van der Waals surface area contributed by atoms with Crippen LogP contribution in [0.4, 0.5) is 0 Å². The Bertz CT molecular complexity index is 737. The molecule has 0 aliphatic heterocycles. The van der Waals surface area contributed by atoms with Gasteiger partial charge in [0, 0.05) is 17.2 Å². The largest absolute Gasteiger partial charge is 0.692 e. The summed E-state index contributed by atoms with van der Waals surface area (Å²) in [5, 5.41) is 3.73. The number of nitrogens with one attached hydrogen (secondary N) is 1. The number of benzene rings is 3. The molecular formula is C22H25NO3P+. The van der Waals surface area contributed by atoms with E-state index in [9.17, 15) is 0 Å². The molecule has 0 radical (unpaired) electrons. The minimum absolute atomic E-state index is 0.431. The highest BCUT2D eigenvalue weighted by Gasteiger charge is 2.10. The second kappa shape index (κ2) is 12.1. The van der Waals surface area contributed by atoms with Crippen LogP contribution in [0.1, 0.15) is 16.7 Å². The number of rotatable bonds is 7. The summed E-state index contributed by atoms with van der Waals surface area (Å²) < 4.78 is 8.70. The summed E-state index contributed by atoms with van der Waals surface area (Å²) in [7, 11) is -2.87. The predicted molar refractivity (Wildman–Crippen MR) is 109 cm³/mol. The quantitative estimate of drug-likeness (QED) is 0.534. The summed E-state index contributed by atoms with van der Waals surface area (Å²) >= 11 is 0. The van der Waals surface area contributed by atoms with Gasteiger partial charge in [-0.25, -0.2) is 0 Å². The third-order valence-corrected chi connectivity index (χ3v) is 4.09. The van der Waals surface area contributed by atoms with Crippen molar-refractivity contribution < 1.29 is 14.4 Å². The second-order valence-corrected chi connectivity index (χ2v) is 6.70. The van der Waals surface area contributed by atoms with Crippen molar-refractivity contribution in [3.05, 3.63) is 108 Å². The maximum Gasteiger partial charge on any atom is 0.692 e. The Labute approximate surface area is 161 Å². The van der Waals surface area contributed by atoms with Crippen molar-refractivity contribution in [1.29, 1.82) is 0 Å². The van der Waals surface area contributed by atoms with Gasteiger partial charge in [-0.1, -0.05) is 91.0 Å². The maximum atomic E-state index is 8.70. The van der Waals surface area contributed by atoms with Crippen molar-refractivity contribution in [2.75, 3.05) is 0 Å². The first-order valence-corrected chi connectivity index (χ1v) is 10.00. The Hall–Kier alpha value is -2.36. The molecule has 0 atom stereocenters. The highest BCUT2D eigenvalue weighted by Crippen LogP contribution is 2.10. The van der Waals surface area contributed by atoms with E-state index in [2.05, 4.69) is 96.3 Å². The van der Waals surface area contributed by atoms with Crippen molar-refractivity contribution in [1.82, 2.24) is 5.32 Å². The summed E-state index contributed by atoms with van der Waals surface area (Å²) in [5.74, 6) is 0. The molecule has 4 nitrogen and oxygen atoms in total. The van der Waals surface area contributed by atoms with Gasteiger partial charge in [-0.15, -0.1) is 9.79 Å². The van der Waals surface area contributed by atoms with Crippen molar-refractivity contribution in [3.8, 4) is 0 Å². The molecule has 27 heavy (non-hydrogen) atoms. The average Bonchev–Trinajstić information content (AvgIpc) is 2.68. The Kier molecular flexibility index (Phi) is 9.39. The van der Waals surface area contributed by atoms with Crippen LogP contribution in [0.15, 0.2) is 91.0 Å². The molecule has 0 spiro atoms. The number of hydrogen-bond acceptors (Lipinski definition) is 2. The minimum Gasteiger partial charge on any atom is -0.309 e. The van der Waals surface area contributed by atoms with Gasteiger partial charge < -0.3 is 5.32 Å². The van der Waals surface area contributed by atoms with Gasteiger partial charge in [0.25, 0.3) is 0 Å². The van der Waals surface area contributed by atoms with Crippen molar-refractivity contribution in [2.45, 2.75) is 25.4 Å². The molecule has 0 saturated carbocycles. The molecule has 3 aromatic rings. The van der Waals surface area contributed by atoms with E-state index in [0.29, 0.717) is 6.04 Å². The van der Waals surface area contributed by atoms with Crippen LogP contribution < -0.4 is 5.32 Å². The molecule has 3 aromatic carbocycles. The van der Waals surface area contributed by atoms with Gasteiger partial charge in [0.1, 0.15) is 0 Å². The molecule has 0 bridgehead atoms. The summed E-state index contributed by atoms with van der Waals surface area (Å²) in [5.41, 5.74) is 4.10. The van der Waals surface area contributed by atoms with Crippen LogP contribution in [-0.2, 0) is 24.0 Å². The zero-order valence-electron chi connectivity index (χ0n) is 15.1. The third kappa shape index (κ3) is 9.23. The van der Waals surface area contributed by atoms with E-state index < -0.39 is 8.25 Å². The summed E-state index contributed by atoms with van der Waals surface area (Å²) in [6.45, 7) is 0.908. The van der Waals surface area contributed by atoms with E-state index in [-0.39, 0.29) is 0 Å². The summed E-state index contributed by atoms with van der Waals surface area (Å²) in [6, 6.07) is 32.5. The standard InChI is InChI=1S/C22H23N.HO3P/c1-4-10-19(11-5-1)16-22(17-20-12-6-2-7-13-20)23-18-21-14-8-3-9-15-21;1-4(2)3/h1-15,22-23H,16-18H2;(H-,1,2,3)/p+1. The van der Waals surface area contributed by atoms with Gasteiger partial charge in [-0.3, -0.25) is 0 Å². The average molecular weight is 382 g/mol. The van der Waals surface area contributed by atoms with Gasteiger partial charge in [0.15, 0.2) is 0 Å². The van der Waals surface area contributed by atoms with Crippen LogP contribution in [0.5, 0.6) is 0 Å². The Morgan fingerprint density at radius 3 is 1.37 bits per heavy atom. The lowest BCUT2D eigenvalue weighted by atomic mass is 9.98. The van der Waals surface area contributed by atoms with Crippen molar-refractivity contribution >= 4 is 8.25 Å². The summed E-state index contributed by atoms with van der Waals surface area (Å²) in [6.07, 6.45) is 2.09. The Morgan fingerprint density at radius 2 is 1.00 bits per heavy atom. The lowest BCUT2D eigenvalue weighted by Crippen LogP contribution is -2.32. The zero-order valence-corrected chi connectivity index (χ0v) is 16.0. The molecule has 0 fully saturated rings. The van der Waals surface area contributed by atoms with Crippen LogP contribution in [0.2, 0.25) is 0 Å². The van der Waals surface area contributed by atoms with Gasteiger partial charge in [-0.2, -0.15) is 0 Å². The fourth-order valence-electron chi connectivity index (χ4n) is 2.87. The molecule has 3 rings (SSSR count). The monoisotopic (exact) mass is 382 g/mol. The highest BCUT2D eigenvalue weighted by atomic mass is 31.1. The van der Waals surface area contributed by atoms with E-state index in [1.54, 1.807) is 0 Å². The van der Waals surface area contributed by atoms with Crippen molar-refractivity contribution in [2.24, 2.45) is 0 Å². The lowest BCUT2D eigenvalue weighted by Gasteiger charge is -2.19. The van der Waals surface area contributed by atoms with E-state index in [1.807, 2.05) is 0 Å². The SMILES string of the molecule is O=[P+](O)O.c1ccc(CNC(Cc2ccccc2)Cc2ccccc2)cc1. The van der Waals surface area contributed by atoms with Gasteiger partial charge in [-0.05, 0) is 29.5 Å². The lowest BCUT2D eigenvalue weighted by molar-refractivity contribution is 0.405. The zero-order chi connectivity index (χ0) is 19.3. The van der Waals surface area contributed by atoms with Crippen LogP contribution >= 0.6 is 8.25 Å². The van der Waals surface area contributed by atoms with E-state index in [0.717, 1.165) is 19.4 Å². The first-order chi connectivity index (χ1) is 13.1. The fourth-order valence-corrected chi connectivity index (χ4v) is 2.87. The molecule has 0 unspecified atom stereocenters. The molecule has 0 saturated heterocycles. The van der Waals surface area contributed by atoms with Gasteiger partial charge in [0.05, 0.1) is 0 Å². The molecule has 5 heteroatoms. The molecule has 140 valence electrons. The smallest absolute Gasteiger partial charge is 0.309 e. The van der Waals surface area contributed by atoms with E-state index in [1.165, 1.54) is 16.7 Å². The molecule has 0 aliphatic rings. The van der Waals surface area contributed by atoms with Crippen molar-refractivity contribution in [3.63, 3.8) is 0 Å².